The van der Waals surface area contributed by atoms with E-state index in [1.807, 2.05) is 38.1 Å². The highest BCUT2D eigenvalue weighted by Crippen LogP contribution is 2.16. The summed E-state index contributed by atoms with van der Waals surface area (Å²) in [6, 6.07) is 7.85. The fourth-order valence-corrected chi connectivity index (χ4v) is 2.16. The minimum Gasteiger partial charge on any atom is -0.492 e. The maximum absolute atomic E-state index is 12.5. The van der Waals surface area contributed by atoms with Gasteiger partial charge in [0.25, 0.3) is 5.91 Å². The topological polar surface area (TPSA) is 55.6 Å². The van der Waals surface area contributed by atoms with Gasteiger partial charge in [-0.25, -0.2) is 0 Å². The van der Waals surface area contributed by atoms with Crippen molar-refractivity contribution in [2.24, 2.45) is 0 Å². The van der Waals surface area contributed by atoms with Gasteiger partial charge in [-0.15, -0.1) is 0 Å². The number of hydrogen-bond acceptors (Lipinski definition) is 4. The Labute approximate surface area is 130 Å². The number of nitrogens with zero attached hydrogens (tertiary/aromatic N) is 2. The van der Waals surface area contributed by atoms with Crippen LogP contribution in [0.2, 0.25) is 0 Å². The van der Waals surface area contributed by atoms with E-state index in [2.05, 4.69) is 5.16 Å². The lowest BCUT2D eigenvalue weighted by atomic mass is 10.1. The minimum atomic E-state index is -0.0805. The standard InChI is InChI=1S/C17H22N2O3/c1-5-15-16(13(3)22-18-15)17(20)19(4)10-11-21-14-8-6-12(2)7-9-14/h6-9H,5,10-11H2,1-4H3. The van der Waals surface area contributed by atoms with Gasteiger partial charge in [-0.05, 0) is 32.4 Å². The zero-order valence-electron chi connectivity index (χ0n) is 13.5. The Kier molecular flexibility index (Phi) is 5.20. The molecule has 0 aliphatic carbocycles. The van der Waals surface area contributed by atoms with Crippen molar-refractivity contribution in [3.8, 4) is 5.75 Å². The summed E-state index contributed by atoms with van der Waals surface area (Å²) in [5, 5.41) is 3.92. The van der Waals surface area contributed by atoms with E-state index in [1.165, 1.54) is 5.56 Å². The third-order valence-corrected chi connectivity index (χ3v) is 3.55. The van der Waals surface area contributed by atoms with Gasteiger partial charge in [0, 0.05) is 7.05 Å². The molecule has 0 saturated carbocycles. The number of benzene rings is 1. The van der Waals surface area contributed by atoms with Crippen molar-refractivity contribution in [2.75, 3.05) is 20.2 Å². The molecule has 118 valence electrons. The Bertz CT molecular complexity index is 632. The van der Waals surface area contributed by atoms with Crippen molar-refractivity contribution in [1.82, 2.24) is 10.1 Å². The van der Waals surface area contributed by atoms with Gasteiger partial charge in [0.15, 0.2) is 0 Å². The number of ether oxygens (including phenoxy) is 1. The van der Waals surface area contributed by atoms with Crippen molar-refractivity contribution < 1.29 is 14.1 Å². The molecule has 0 aliphatic rings. The molecule has 5 heteroatoms. The van der Waals surface area contributed by atoms with Crippen molar-refractivity contribution in [2.45, 2.75) is 27.2 Å². The van der Waals surface area contributed by atoms with Crippen molar-refractivity contribution in [3.63, 3.8) is 0 Å². The van der Waals surface area contributed by atoms with Crippen LogP contribution in [-0.4, -0.2) is 36.2 Å². The number of likely N-dealkylation sites (N-methyl/N-ethyl adjacent to an activating group) is 1. The third kappa shape index (κ3) is 3.67. The summed E-state index contributed by atoms with van der Waals surface area (Å²) >= 11 is 0. The first-order valence-corrected chi connectivity index (χ1v) is 7.43. The monoisotopic (exact) mass is 302 g/mol. The Morgan fingerprint density at radius 3 is 2.59 bits per heavy atom. The molecule has 0 unspecified atom stereocenters. The van der Waals surface area contributed by atoms with Crippen molar-refractivity contribution in [3.05, 3.63) is 46.8 Å². The fraction of sp³-hybridized carbons (Fsp3) is 0.412. The molecule has 1 aromatic carbocycles. The van der Waals surface area contributed by atoms with Crippen molar-refractivity contribution in [1.29, 1.82) is 0 Å². The first-order valence-electron chi connectivity index (χ1n) is 7.43. The molecule has 0 spiro atoms. The lowest BCUT2D eigenvalue weighted by Crippen LogP contribution is -2.31. The van der Waals surface area contributed by atoms with Gasteiger partial charge in [-0.2, -0.15) is 0 Å². The van der Waals surface area contributed by atoms with E-state index in [9.17, 15) is 4.79 Å². The summed E-state index contributed by atoms with van der Waals surface area (Å²) in [4.78, 5) is 14.1. The van der Waals surface area contributed by atoms with Crippen LogP contribution in [0, 0.1) is 13.8 Å². The molecule has 0 atom stereocenters. The van der Waals surface area contributed by atoms with E-state index in [1.54, 1.807) is 18.9 Å². The lowest BCUT2D eigenvalue weighted by molar-refractivity contribution is 0.0771. The van der Waals surface area contributed by atoms with Gasteiger partial charge < -0.3 is 14.2 Å². The van der Waals surface area contributed by atoms with Gasteiger partial charge in [-0.3, -0.25) is 4.79 Å². The van der Waals surface area contributed by atoms with E-state index in [4.69, 9.17) is 9.26 Å². The zero-order valence-corrected chi connectivity index (χ0v) is 13.5. The Morgan fingerprint density at radius 1 is 1.27 bits per heavy atom. The van der Waals surface area contributed by atoms with Crippen LogP contribution >= 0.6 is 0 Å². The molecule has 0 fully saturated rings. The molecular formula is C17H22N2O3. The molecule has 0 radical (unpaired) electrons. The number of hydrogen-bond donors (Lipinski definition) is 0. The minimum absolute atomic E-state index is 0.0805. The highest BCUT2D eigenvalue weighted by atomic mass is 16.5. The van der Waals surface area contributed by atoms with E-state index in [0.29, 0.717) is 36.6 Å². The lowest BCUT2D eigenvalue weighted by Gasteiger charge is -2.17. The molecule has 1 aromatic heterocycles. The molecule has 5 nitrogen and oxygen atoms in total. The second-order valence-electron chi connectivity index (χ2n) is 5.30. The molecule has 0 bridgehead atoms. The van der Waals surface area contributed by atoms with Crippen LogP contribution < -0.4 is 4.74 Å². The third-order valence-electron chi connectivity index (χ3n) is 3.55. The van der Waals surface area contributed by atoms with Crippen LogP contribution in [-0.2, 0) is 6.42 Å². The summed E-state index contributed by atoms with van der Waals surface area (Å²) in [5.41, 5.74) is 2.46. The Balaban J connectivity index is 1.91. The van der Waals surface area contributed by atoms with Crippen LogP contribution in [0.25, 0.3) is 0 Å². The molecule has 22 heavy (non-hydrogen) atoms. The van der Waals surface area contributed by atoms with Gasteiger partial charge in [-0.1, -0.05) is 29.8 Å². The van der Waals surface area contributed by atoms with Gasteiger partial charge >= 0.3 is 0 Å². The highest BCUT2D eigenvalue weighted by Gasteiger charge is 2.22. The second-order valence-corrected chi connectivity index (χ2v) is 5.30. The van der Waals surface area contributed by atoms with Crippen LogP contribution in [0.4, 0.5) is 0 Å². The SMILES string of the molecule is CCc1noc(C)c1C(=O)N(C)CCOc1ccc(C)cc1. The van der Waals surface area contributed by atoms with E-state index < -0.39 is 0 Å². The number of carbonyl (C=O) groups excluding carboxylic acids is 1. The Morgan fingerprint density at radius 2 is 1.95 bits per heavy atom. The van der Waals surface area contributed by atoms with Crippen LogP contribution in [0.5, 0.6) is 5.75 Å². The largest absolute Gasteiger partial charge is 0.492 e. The van der Waals surface area contributed by atoms with Gasteiger partial charge in [0.05, 0.1) is 12.2 Å². The van der Waals surface area contributed by atoms with E-state index in [0.717, 1.165) is 5.75 Å². The summed E-state index contributed by atoms with van der Waals surface area (Å²) < 4.78 is 10.8. The molecule has 2 aromatic rings. The molecule has 1 amide bonds. The summed E-state index contributed by atoms with van der Waals surface area (Å²) in [5.74, 6) is 1.29. The van der Waals surface area contributed by atoms with Crippen LogP contribution in [0.15, 0.2) is 28.8 Å². The van der Waals surface area contributed by atoms with E-state index >= 15 is 0 Å². The zero-order chi connectivity index (χ0) is 16.1. The molecule has 0 saturated heterocycles. The number of amides is 1. The predicted molar refractivity (Wildman–Crippen MR) is 84.3 cm³/mol. The first kappa shape index (κ1) is 16.1. The number of aromatic nitrogens is 1. The fourth-order valence-electron chi connectivity index (χ4n) is 2.16. The first-order chi connectivity index (χ1) is 10.5. The summed E-state index contributed by atoms with van der Waals surface area (Å²) in [7, 11) is 1.76. The molecule has 0 N–H and O–H groups in total. The molecule has 2 rings (SSSR count). The number of aryl methyl sites for hydroxylation is 3. The predicted octanol–water partition coefficient (Wildman–Crippen LogP) is 3.00. The molecule has 1 heterocycles. The number of rotatable bonds is 6. The highest BCUT2D eigenvalue weighted by molar-refractivity contribution is 5.96. The van der Waals surface area contributed by atoms with Gasteiger partial charge in [0.2, 0.25) is 0 Å². The number of carbonyl (C=O) groups is 1. The average molecular weight is 302 g/mol. The normalized spacial score (nSPS) is 10.5. The summed E-state index contributed by atoms with van der Waals surface area (Å²) in [6.07, 6.45) is 0.673. The average Bonchev–Trinajstić information content (AvgIpc) is 2.89. The maximum atomic E-state index is 12.5. The quantitative estimate of drug-likeness (QED) is 0.823. The van der Waals surface area contributed by atoms with Crippen LogP contribution in [0.1, 0.15) is 34.3 Å². The smallest absolute Gasteiger partial charge is 0.259 e. The molecule has 0 aliphatic heterocycles. The Hall–Kier alpha value is -2.30. The maximum Gasteiger partial charge on any atom is 0.259 e. The second kappa shape index (κ2) is 7.11. The van der Waals surface area contributed by atoms with Gasteiger partial charge in [0.1, 0.15) is 23.7 Å². The van der Waals surface area contributed by atoms with Crippen molar-refractivity contribution >= 4 is 5.91 Å². The van der Waals surface area contributed by atoms with E-state index in [-0.39, 0.29) is 5.91 Å². The molecular weight excluding hydrogens is 280 g/mol. The van der Waals surface area contributed by atoms with Crippen LogP contribution in [0.3, 0.4) is 0 Å². The summed E-state index contributed by atoms with van der Waals surface area (Å²) in [6.45, 7) is 6.69.